The first kappa shape index (κ1) is 25.2. The topological polar surface area (TPSA) is 88.2 Å². The molecule has 7 heteroatoms. The zero-order chi connectivity index (χ0) is 26.6. The summed E-state index contributed by atoms with van der Waals surface area (Å²) in [6, 6.07) is 19.3. The average molecular weight is 507 g/mol. The highest BCUT2D eigenvalue weighted by Gasteiger charge is 2.40. The van der Waals surface area contributed by atoms with Crippen molar-refractivity contribution in [3.05, 3.63) is 83.1 Å². The fourth-order valence-electron chi connectivity index (χ4n) is 5.11. The Morgan fingerprint density at radius 1 is 1.05 bits per heavy atom. The Morgan fingerprint density at radius 3 is 2.42 bits per heavy atom. The van der Waals surface area contributed by atoms with Gasteiger partial charge >= 0.3 is 0 Å². The van der Waals surface area contributed by atoms with Crippen molar-refractivity contribution in [2.24, 2.45) is 0 Å². The van der Waals surface area contributed by atoms with Gasteiger partial charge in [0, 0.05) is 28.9 Å². The molecular weight excluding hydrogens is 476 g/mol. The average Bonchev–Trinajstić information content (AvgIpc) is 3.62. The van der Waals surface area contributed by atoms with Gasteiger partial charge in [-0.1, -0.05) is 38.0 Å². The molecule has 1 aliphatic heterocycles. The summed E-state index contributed by atoms with van der Waals surface area (Å²) in [5, 5.41) is 14.7. The van der Waals surface area contributed by atoms with Crippen molar-refractivity contribution in [3.8, 4) is 28.8 Å². The molecule has 0 radical (unpaired) electrons. The number of carbonyl (C=O) groups is 2. The Bertz CT molecular complexity index is 1450. The number of amides is 2. The van der Waals surface area contributed by atoms with Gasteiger partial charge in [0.05, 0.1) is 18.0 Å². The molecule has 0 spiro atoms. The van der Waals surface area contributed by atoms with E-state index in [4.69, 9.17) is 9.84 Å². The van der Waals surface area contributed by atoms with E-state index in [-0.39, 0.29) is 17.5 Å². The highest BCUT2D eigenvalue weighted by Crippen LogP contribution is 2.35. The summed E-state index contributed by atoms with van der Waals surface area (Å²) in [4.78, 5) is 28.1. The molecular formula is C31H30N4O3. The lowest BCUT2D eigenvalue weighted by molar-refractivity contribution is -0.143. The Balaban J connectivity index is 1.63. The third kappa shape index (κ3) is 4.78. The van der Waals surface area contributed by atoms with Gasteiger partial charge in [0.15, 0.2) is 0 Å². The van der Waals surface area contributed by atoms with Gasteiger partial charge in [-0.15, -0.1) is 0 Å². The van der Waals surface area contributed by atoms with Crippen LogP contribution >= 0.6 is 0 Å². The molecule has 0 unspecified atom stereocenters. The zero-order valence-electron chi connectivity index (χ0n) is 21.7. The lowest BCUT2D eigenvalue weighted by Crippen LogP contribution is -2.47. The summed E-state index contributed by atoms with van der Waals surface area (Å²) in [6.45, 7) is 4.38. The van der Waals surface area contributed by atoms with Crippen molar-refractivity contribution < 1.29 is 14.3 Å². The number of carbonyl (C=O) groups excluding carboxylic acids is 2. The first-order chi connectivity index (χ1) is 18.5. The van der Waals surface area contributed by atoms with Crippen molar-refractivity contribution in [1.82, 2.24) is 14.7 Å². The minimum atomic E-state index is -0.484. The minimum Gasteiger partial charge on any atom is -0.494 e. The molecule has 192 valence electrons. The molecule has 2 amide bonds. The number of nitriles is 1. The molecule has 2 aromatic carbocycles. The van der Waals surface area contributed by atoms with Gasteiger partial charge in [-0.25, -0.2) is 4.68 Å². The molecule has 3 aromatic rings. The van der Waals surface area contributed by atoms with Gasteiger partial charge < -0.3 is 4.74 Å². The number of ether oxygens (including phenoxy) is 1. The first-order valence-corrected chi connectivity index (χ1v) is 13.1. The molecule has 1 aliphatic carbocycles. The lowest BCUT2D eigenvalue weighted by Gasteiger charge is -2.32. The number of para-hydroxylation sites is 1. The van der Waals surface area contributed by atoms with E-state index >= 15 is 0 Å². The summed E-state index contributed by atoms with van der Waals surface area (Å²) in [5.41, 5.74) is 3.93. The Hall–Kier alpha value is -4.44. The largest absolute Gasteiger partial charge is 0.494 e. The molecule has 5 rings (SSSR count). The Morgan fingerprint density at radius 2 is 1.76 bits per heavy atom. The summed E-state index contributed by atoms with van der Waals surface area (Å²) in [6.07, 6.45) is 8.05. The van der Waals surface area contributed by atoms with E-state index in [1.807, 2.05) is 60.8 Å². The minimum absolute atomic E-state index is 0.0252. The second kappa shape index (κ2) is 10.9. The van der Waals surface area contributed by atoms with Crippen molar-refractivity contribution in [2.45, 2.75) is 52.0 Å². The van der Waals surface area contributed by atoms with Gasteiger partial charge in [-0.2, -0.15) is 10.4 Å². The standard InChI is InChI=1S/C31H30N4O3/c1-3-17-38-26-15-13-22(14-16-26)29-23(20-34(33-29)24-9-5-4-6-10-24)18-27-21(2)28(19-32)31(37)35(30(27)36)25-11-7-8-12-25/h4-6,9-10,13-16,18,20,25H,3,7-8,11-12,17H2,1-2H3/b27-18+. The predicted octanol–water partition coefficient (Wildman–Crippen LogP) is 5.86. The number of hydrogen-bond donors (Lipinski definition) is 0. The second-order valence-electron chi connectivity index (χ2n) is 9.67. The van der Waals surface area contributed by atoms with Crippen LogP contribution in [0.25, 0.3) is 23.0 Å². The van der Waals surface area contributed by atoms with Crippen LogP contribution in [0.4, 0.5) is 0 Å². The number of hydrogen-bond acceptors (Lipinski definition) is 5. The maximum atomic E-state index is 13.7. The Labute approximate surface area is 222 Å². The van der Waals surface area contributed by atoms with E-state index in [1.54, 1.807) is 17.7 Å². The van der Waals surface area contributed by atoms with Gasteiger partial charge in [0.2, 0.25) is 0 Å². The van der Waals surface area contributed by atoms with E-state index < -0.39 is 5.91 Å². The number of nitrogens with zero attached hydrogens (tertiary/aromatic N) is 4. The van der Waals surface area contributed by atoms with E-state index in [2.05, 4.69) is 13.0 Å². The molecule has 0 atom stereocenters. The molecule has 38 heavy (non-hydrogen) atoms. The van der Waals surface area contributed by atoms with Gasteiger partial charge in [0.1, 0.15) is 17.4 Å². The van der Waals surface area contributed by atoms with E-state index in [9.17, 15) is 14.9 Å². The highest BCUT2D eigenvalue weighted by atomic mass is 16.5. The van der Waals surface area contributed by atoms with Crippen LogP contribution in [0, 0.1) is 11.3 Å². The number of benzene rings is 2. The monoisotopic (exact) mass is 506 g/mol. The zero-order valence-corrected chi connectivity index (χ0v) is 21.7. The molecule has 1 aromatic heterocycles. The van der Waals surface area contributed by atoms with Crippen LogP contribution in [0.2, 0.25) is 0 Å². The normalized spacial score (nSPS) is 17.4. The smallest absolute Gasteiger partial charge is 0.271 e. The molecule has 1 saturated carbocycles. The molecule has 0 N–H and O–H groups in total. The van der Waals surface area contributed by atoms with Crippen LogP contribution < -0.4 is 4.74 Å². The van der Waals surface area contributed by atoms with Crippen LogP contribution in [-0.4, -0.2) is 39.1 Å². The maximum absolute atomic E-state index is 13.7. The maximum Gasteiger partial charge on any atom is 0.271 e. The summed E-state index contributed by atoms with van der Waals surface area (Å²) < 4.78 is 7.52. The van der Waals surface area contributed by atoms with E-state index in [1.165, 1.54) is 4.90 Å². The number of imide groups is 1. The van der Waals surface area contributed by atoms with Crippen molar-refractivity contribution in [3.63, 3.8) is 0 Å². The van der Waals surface area contributed by atoms with E-state index in [0.717, 1.165) is 54.7 Å². The molecule has 0 bridgehead atoms. The third-order valence-electron chi connectivity index (χ3n) is 7.13. The summed E-state index contributed by atoms with van der Waals surface area (Å²) >= 11 is 0. The van der Waals surface area contributed by atoms with Crippen LogP contribution in [0.1, 0.15) is 51.5 Å². The highest BCUT2D eigenvalue weighted by molar-refractivity contribution is 6.20. The molecule has 0 saturated heterocycles. The first-order valence-electron chi connectivity index (χ1n) is 13.1. The van der Waals surface area contributed by atoms with Gasteiger partial charge in [-0.3, -0.25) is 14.5 Å². The van der Waals surface area contributed by atoms with E-state index in [0.29, 0.717) is 23.4 Å². The quantitative estimate of drug-likeness (QED) is 0.296. The predicted molar refractivity (Wildman–Crippen MR) is 145 cm³/mol. The van der Waals surface area contributed by atoms with Crippen LogP contribution in [0.5, 0.6) is 5.75 Å². The van der Waals surface area contributed by atoms with Crippen LogP contribution in [-0.2, 0) is 9.59 Å². The molecule has 7 nitrogen and oxygen atoms in total. The second-order valence-corrected chi connectivity index (χ2v) is 9.67. The third-order valence-corrected chi connectivity index (χ3v) is 7.13. The number of rotatable bonds is 7. The van der Waals surface area contributed by atoms with Gasteiger partial charge in [-0.05, 0) is 74.2 Å². The fraction of sp³-hybridized carbons (Fsp3) is 0.290. The summed E-state index contributed by atoms with van der Waals surface area (Å²) in [7, 11) is 0. The lowest BCUT2D eigenvalue weighted by atomic mass is 9.92. The Kier molecular flexibility index (Phi) is 7.23. The van der Waals surface area contributed by atoms with Crippen molar-refractivity contribution in [1.29, 1.82) is 5.26 Å². The fourth-order valence-corrected chi connectivity index (χ4v) is 5.11. The SMILES string of the molecule is CCCOc1ccc(-c2nn(-c3ccccc3)cc2/C=C2/C(=O)N(C3CCCC3)C(=O)C(C#N)=C2C)cc1. The van der Waals surface area contributed by atoms with Crippen LogP contribution in [0.3, 0.4) is 0 Å². The van der Waals surface area contributed by atoms with Crippen molar-refractivity contribution >= 4 is 17.9 Å². The number of aromatic nitrogens is 2. The molecule has 2 heterocycles. The van der Waals surface area contributed by atoms with Crippen LogP contribution in [0.15, 0.2) is 77.5 Å². The summed E-state index contributed by atoms with van der Waals surface area (Å²) in [5.74, 6) is -0.0503. The van der Waals surface area contributed by atoms with Gasteiger partial charge in [0.25, 0.3) is 11.8 Å². The molecule has 2 aliphatic rings. The molecule has 1 fully saturated rings. The van der Waals surface area contributed by atoms with Crippen molar-refractivity contribution in [2.75, 3.05) is 6.61 Å².